The molecule has 5 heteroatoms. The van der Waals surface area contributed by atoms with Crippen LogP contribution in [0.25, 0.3) is 21.9 Å². The number of para-hydroxylation sites is 1. The lowest BCUT2D eigenvalue weighted by atomic mass is 10.1. The molecule has 146 valence electrons. The van der Waals surface area contributed by atoms with Gasteiger partial charge in [0, 0.05) is 5.97 Å². The summed E-state index contributed by atoms with van der Waals surface area (Å²) in [5.41, 5.74) is 2.82. The quantitative estimate of drug-likeness (QED) is 0.523. The molecule has 0 saturated carbocycles. The minimum Gasteiger partial charge on any atom is -0.550 e. The minimum atomic E-state index is -1.05. The first kappa shape index (κ1) is 20.1. The highest BCUT2D eigenvalue weighted by Crippen LogP contribution is 2.31. The third-order valence-corrected chi connectivity index (χ3v) is 5.46. The zero-order chi connectivity index (χ0) is 19.9. The number of hydrogen-bond acceptors (Lipinski definition) is 5. The molecule has 3 rings (SSSR count). The number of aromatic nitrogens is 1. The third kappa shape index (κ3) is 5.67. The second kappa shape index (κ2) is 9.51. The van der Waals surface area contributed by atoms with Crippen LogP contribution >= 0.6 is 11.3 Å². The molecule has 0 amide bonds. The average molecular weight is 395 g/mol. The van der Waals surface area contributed by atoms with E-state index in [1.165, 1.54) is 0 Å². The Morgan fingerprint density at radius 2 is 1.89 bits per heavy atom. The number of hydrogen-bond donors (Lipinski definition) is 0. The van der Waals surface area contributed by atoms with Crippen LogP contribution < -0.4 is 9.84 Å². The molecule has 0 aliphatic carbocycles. The predicted molar refractivity (Wildman–Crippen MR) is 113 cm³/mol. The summed E-state index contributed by atoms with van der Waals surface area (Å²) in [5.74, 6) is 0.400. The highest BCUT2D eigenvalue weighted by molar-refractivity contribution is 7.19. The lowest BCUT2D eigenvalue weighted by Gasteiger charge is -2.09. The summed E-state index contributed by atoms with van der Waals surface area (Å²) in [6, 6.07) is 15.8. The van der Waals surface area contributed by atoms with Gasteiger partial charge in [-0.05, 0) is 66.7 Å². The van der Waals surface area contributed by atoms with Crippen molar-refractivity contribution in [1.29, 1.82) is 0 Å². The van der Waals surface area contributed by atoms with Crippen molar-refractivity contribution in [2.45, 2.75) is 33.1 Å². The molecule has 0 radical (unpaired) electrons. The largest absolute Gasteiger partial charge is 0.550 e. The number of fused-ring (bicyclic) bond motifs is 1. The van der Waals surface area contributed by atoms with Gasteiger partial charge in [-0.25, -0.2) is 4.98 Å². The van der Waals surface area contributed by atoms with Gasteiger partial charge in [0.1, 0.15) is 10.8 Å². The standard InChI is InChI=1S/C23H25NO3S/c1-16(2)13-14-27-19-10-7-17(8-11-19)15-18(9-12-22(25)26)23-24-20-5-3-4-6-21(20)28-23/h3-8,10-11,15-16H,9,12-14H2,1-2H3,(H,25,26)/p-1/b18-15+. The van der Waals surface area contributed by atoms with Crippen molar-refractivity contribution in [2.24, 2.45) is 5.92 Å². The van der Waals surface area contributed by atoms with Crippen LogP contribution in [0.4, 0.5) is 0 Å². The zero-order valence-electron chi connectivity index (χ0n) is 16.2. The van der Waals surface area contributed by atoms with Crippen LogP contribution in [0.1, 0.15) is 43.7 Å². The third-order valence-electron chi connectivity index (χ3n) is 4.35. The van der Waals surface area contributed by atoms with E-state index in [1.807, 2.05) is 54.6 Å². The van der Waals surface area contributed by atoms with Gasteiger partial charge in [0.25, 0.3) is 0 Å². The van der Waals surface area contributed by atoms with Crippen molar-refractivity contribution in [1.82, 2.24) is 4.98 Å². The molecule has 28 heavy (non-hydrogen) atoms. The molecule has 0 fully saturated rings. The van der Waals surface area contributed by atoms with E-state index >= 15 is 0 Å². The first-order chi connectivity index (χ1) is 13.5. The number of ether oxygens (including phenoxy) is 1. The van der Waals surface area contributed by atoms with E-state index in [0.29, 0.717) is 18.9 Å². The SMILES string of the molecule is CC(C)CCOc1ccc(/C=C(\CCC(=O)[O-])c2nc3ccccc3s2)cc1. The van der Waals surface area contributed by atoms with E-state index in [9.17, 15) is 9.90 Å². The van der Waals surface area contributed by atoms with Crippen LogP contribution in [0.2, 0.25) is 0 Å². The van der Waals surface area contributed by atoms with Crippen molar-refractivity contribution in [3.63, 3.8) is 0 Å². The van der Waals surface area contributed by atoms with Gasteiger partial charge in [-0.2, -0.15) is 0 Å². The Bertz CT molecular complexity index is 924. The molecule has 3 aromatic rings. The summed E-state index contributed by atoms with van der Waals surface area (Å²) in [6.45, 7) is 5.05. The van der Waals surface area contributed by atoms with E-state index in [1.54, 1.807) is 11.3 Å². The number of carbonyl (C=O) groups excluding carboxylic acids is 1. The molecular weight excluding hydrogens is 370 g/mol. The van der Waals surface area contributed by atoms with E-state index in [-0.39, 0.29) is 6.42 Å². The number of aliphatic carboxylic acids is 1. The summed E-state index contributed by atoms with van der Waals surface area (Å²) in [5, 5.41) is 11.8. The van der Waals surface area contributed by atoms with E-state index < -0.39 is 5.97 Å². The van der Waals surface area contributed by atoms with Crippen molar-refractivity contribution < 1.29 is 14.6 Å². The number of carboxylic acid groups (broad SMARTS) is 1. The predicted octanol–water partition coefficient (Wildman–Crippen LogP) is 4.79. The number of nitrogens with zero attached hydrogens (tertiary/aromatic N) is 1. The van der Waals surface area contributed by atoms with Gasteiger partial charge in [0.05, 0.1) is 16.8 Å². The van der Waals surface area contributed by atoms with Gasteiger partial charge in [0.15, 0.2) is 0 Å². The Balaban J connectivity index is 1.81. The highest BCUT2D eigenvalue weighted by Gasteiger charge is 2.09. The summed E-state index contributed by atoms with van der Waals surface area (Å²) in [6.07, 6.45) is 3.37. The Hall–Kier alpha value is -2.66. The van der Waals surface area contributed by atoms with E-state index in [2.05, 4.69) is 18.8 Å². The number of carbonyl (C=O) groups is 1. The highest BCUT2D eigenvalue weighted by atomic mass is 32.1. The van der Waals surface area contributed by atoms with Crippen LogP contribution in [0.3, 0.4) is 0 Å². The molecule has 1 aromatic heterocycles. The summed E-state index contributed by atoms with van der Waals surface area (Å²) in [4.78, 5) is 15.7. The van der Waals surface area contributed by atoms with Crippen LogP contribution in [-0.2, 0) is 4.79 Å². The van der Waals surface area contributed by atoms with E-state index in [4.69, 9.17) is 4.74 Å². The molecule has 1 heterocycles. The molecule has 0 bridgehead atoms. The molecular formula is C23H24NO3S-. The van der Waals surface area contributed by atoms with Crippen LogP contribution in [0.5, 0.6) is 5.75 Å². The first-order valence-corrected chi connectivity index (χ1v) is 10.3. The molecule has 0 spiro atoms. The normalized spacial score (nSPS) is 11.9. The van der Waals surface area contributed by atoms with Gasteiger partial charge >= 0.3 is 0 Å². The summed E-state index contributed by atoms with van der Waals surface area (Å²) < 4.78 is 6.85. The first-order valence-electron chi connectivity index (χ1n) is 9.50. The monoisotopic (exact) mass is 394 g/mol. The van der Waals surface area contributed by atoms with Gasteiger partial charge in [-0.15, -0.1) is 11.3 Å². The second-order valence-electron chi connectivity index (χ2n) is 7.13. The Morgan fingerprint density at radius 1 is 1.14 bits per heavy atom. The number of allylic oxidation sites excluding steroid dienone is 1. The van der Waals surface area contributed by atoms with Crippen molar-refractivity contribution in [3.05, 3.63) is 59.1 Å². The Labute approximate surface area is 169 Å². The van der Waals surface area contributed by atoms with Gasteiger partial charge in [0.2, 0.25) is 0 Å². The van der Waals surface area contributed by atoms with Crippen LogP contribution in [0.15, 0.2) is 48.5 Å². The topological polar surface area (TPSA) is 62.2 Å². The maximum absolute atomic E-state index is 11.0. The van der Waals surface area contributed by atoms with Crippen LogP contribution in [0, 0.1) is 5.92 Å². The molecule has 0 saturated heterocycles. The lowest BCUT2D eigenvalue weighted by Crippen LogP contribution is -2.21. The Kier molecular flexibility index (Phi) is 6.82. The molecule has 2 aromatic carbocycles. The molecule has 0 aliphatic heterocycles. The fraction of sp³-hybridized carbons (Fsp3) is 0.304. The van der Waals surface area contributed by atoms with Gasteiger partial charge in [-0.1, -0.05) is 38.1 Å². The number of thiazole rings is 1. The molecule has 0 N–H and O–H groups in total. The minimum absolute atomic E-state index is 0.0296. The molecule has 0 aliphatic rings. The van der Waals surface area contributed by atoms with Crippen molar-refractivity contribution in [2.75, 3.05) is 6.61 Å². The van der Waals surface area contributed by atoms with Gasteiger partial charge in [-0.3, -0.25) is 0 Å². The number of carboxylic acids is 1. The van der Waals surface area contributed by atoms with Crippen molar-refractivity contribution in [3.8, 4) is 5.75 Å². The Morgan fingerprint density at radius 3 is 2.57 bits per heavy atom. The summed E-state index contributed by atoms with van der Waals surface area (Å²) >= 11 is 1.58. The van der Waals surface area contributed by atoms with Crippen molar-refractivity contribution >= 4 is 39.2 Å². The maximum atomic E-state index is 11.0. The fourth-order valence-electron chi connectivity index (χ4n) is 2.76. The molecule has 0 atom stereocenters. The fourth-order valence-corrected chi connectivity index (χ4v) is 3.77. The zero-order valence-corrected chi connectivity index (χ0v) is 17.0. The maximum Gasteiger partial charge on any atom is 0.120 e. The smallest absolute Gasteiger partial charge is 0.120 e. The average Bonchev–Trinajstić information content (AvgIpc) is 3.10. The summed E-state index contributed by atoms with van der Waals surface area (Å²) in [7, 11) is 0. The van der Waals surface area contributed by atoms with Crippen LogP contribution in [-0.4, -0.2) is 17.6 Å². The molecule has 4 nitrogen and oxygen atoms in total. The second-order valence-corrected chi connectivity index (χ2v) is 8.16. The number of benzene rings is 2. The van der Waals surface area contributed by atoms with Gasteiger partial charge < -0.3 is 14.6 Å². The lowest BCUT2D eigenvalue weighted by molar-refractivity contribution is -0.305. The number of rotatable bonds is 9. The molecule has 0 unspecified atom stereocenters. The van der Waals surface area contributed by atoms with E-state index in [0.717, 1.165) is 38.5 Å².